The molecule has 2 aromatic carbocycles. The fourth-order valence-electron chi connectivity index (χ4n) is 3.18. The predicted molar refractivity (Wildman–Crippen MR) is 98.9 cm³/mol. The van der Waals surface area contributed by atoms with Gasteiger partial charge in [-0.15, -0.1) is 0 Å². The normalized spacial score (nSPS) is 18.7. The molecule has 1 aliphatic heterocycles. The SMILES string of the molecule is Cc1ccc(C(O)=C2C(=O)C(=O)N(CCC(=O)O)[C@H]2c2ccccc2)cc1. The topological polar surface area (TPSA) is 94.9 Å². The third-order valence-corrected chi connectivity index (χ3v) is 4.55. The van der Waals surface area contributed by atoms with Gasteiger partial charge in [-0.3, -0.25) is 14.4 Å². The summed E-state index contributed by atoms with van der Waals surface area (Å²) in [6.45, 7) is 1.78. The van der Waals surface area contributed by atoms with Gasteiger partial charge in [-0.2, -0.15) is 0 Å². The van der Waals surface area contributed by atoms with E-state index in [1.807, 2.05) is 6.92 Å². The van der Waals surface area contributed by atoms with E-state index in [0.717, 1.165) is 5.56 Å². The van der Waals surface area contributed by atoms with Crippen molar-refractivity contribution < 1.29 is 24.6 Å². The fraction of sp³-hybridized carbons (Fsp3) is 0.190. The van der Waals surface area contributed by atoms with Crippen LogP contribution < -0.4 is 0 Å². The summed E-state index contributed by atoms with van der Waals surface area (Å²) in [6, 6.07) is 14.9. The van der Waals surface area contributed by atoms with E-state index in [-0.39, 0.29) is 24.3 Å². The molecule has 0 saturated carbocycles. The largest absolute Gasteiger partial charge is 0.507 e. The number of aliphatic carboxylic acids is 1. The summed E-state index contributed by atoms with van der Waals surface area (Å²) in [7, 11) is 0. The highest BCUT2D eigenvalue weighted by Crippen LogP contribution is 2.39. The van der Waals surface area contributed by atoms with Crippen molar-refractivity contribution in [1.29, 1.82) is 0 Å². The minimum Gasteiger partial charge on any atom is -0.507 e. The molecule has 3 rings (SSSR count). The van der Waals surface area contributed by atoms with Crippen molar-refractivity contribution in [2.75, 3.05) is 6.54 Å². The first-order valence-corrected chi connectivity index (χ1v) is 8.52. The van der Waals surface area contributed by atoms with Gasteiger partial charge in [0.15, 0.2) is 0 Å². The summed E-state index contributed by atoms with van der Waals surface area (Å²) in [5.74, 6) is -2.95. The monoisotopic (exact) mass is 365 g/mol. The van der Waals surface area contributed by atoms with E-state index in [4.69, 9.17) is 5.11 Å². The molecule has 138 valence electrons. The van der Waals surface area contributed by atoms with Crippen molar-refractivity contribution in [3.05, 3.63) is 76.9 Å². The quantitative estimate of drug-likeness (QED) is 0.483. The number of carbonyl (C=O) groups is 3. The van der Waals surface area contributed by atoms with Crippen molar-refractivity contribution >= 4 is 23.4 Å². The van der Waals surface area contributed by atoms with Gasteiger partial charge in [0.05, 0.1) is 18.0 Å². The molecule has 6 heteroatoms. The van der Waals surface area contributed by atoms with Crippen LogP contribution in [-0.4, -0.2) is 39.3 Å². The zero-order valence-electron chi connectivity index (χ0n) is 14.8. The van der Waals surface area contributed by atoms with E-state index < -0.39 is 23.7 Å². The Labute approximate surface area is 156 Å². The summed E-state index contributed by atoms with van der Waals surface area (Å²) in [6.07, 6.45) is -0.291. The maximum absolute atomic E-state index is 12.7. The zero-order valence-corrected chi connectivity index (χ0v) is 14.8. The molecule has 0 radical (unpaired) electrons. The van der Waals surface area contributed by atoms with E-state index in [9.17, 15) is 19.5 Å². The Morgan fingerprint density at radius 3 is 2.22 bits per heavy atom. The lowest BCUT2D eigenvalue weighted by Crippen LogP contribution is -2.31. The van der Waals surface area contributed by atoms with Crippen LogP contribution >= 0.6 is 0 Å². The van der Waals surface area contributed by atoms with Gasteiger partial charge in [0.2, 0.25) is 0 Å². The highest BCUT2D eigenvalue weighted by Gasteiger charge is 2.45. The van der Waals surface area contributed by atoms with Crippen LogP contribution in [0.3, 0.4) is 0 Å². The van der Waals surface area contributed by atoms with Crippen molar-refractivity contribution in [1.82, 2.24) is 4.90 Å². The molecular formula is C21H19NO5. The number of carboxylic acid groups (broad SMARTS) is 1. The van der Waals surface area contributed by atoms with Gasteiger partial charge in [-0.25, -0.2) is 0 Å². The smallest absolute Gasteiger partial charge is 0.305 e. The van der Waals surface area contributed by atoms with Crippen LogP contribution in [0.2, 0.25) is 0 Å². The molecule has 1 saturated heterocycles. The Kier molecular flexibility index (Phi) is 5.07. The second-order valence-electron chi connectivity index (χ2n) is 6.41. The summed E-state index contributed by atoms with van der Waals surface area (Å²) >= 11 is 0. The lowest BCUT2D eigenvalue weighted by molar-refractivity contribution is -0.142. The lowest BCUT2D eigenvalue weighted by Gasteiger charge is -2.24. The maximum Gasteiger partial charge on any atom is 0.305 e. The molecule has 27 heavy (non-hydrogen) atoms. The number of aryl methyl sites for hydroxylation is 1. The van der Waals surface area contributed by atoms with E-state index in [0.29, 0.717) is 11.1 Å². The van der Waals surface area contributed by atoms with Crippen molar-refractivity contribution in [3.8, 4) is 0 Å². The molecule has 0 spiro atoms. The maximum atomic E-state index is 12.7. The molecule has 2 N–H and O–H groups in total. The summed E-state index contributed by atoms with van der Waals surface area (Å²) in [5, 5.41) is 19.8. The van der Waals surface area contributed by atoms with Gasteiger partial charge < -0.3 is 15.1 Å². The third kappa shape index (κ3) is 3.60. The molecule has 1 amide bonds. The number of hydrogen-bond acceptors (Lipinski definition) is 4. The Morgan fingerprint density at radius 2 is 1.63 bits per heavy atom. The Morgan fingerprint density at radius 1 is 1.00 bits per heavy atom. The number of benzene rings is 2. The lowest BCUT2D eigenvalue weighted by atomic mass is 9.95. The second-order valence-corrected chi connectivity index (χ2v) is 6.41. The minimum atomic E-state index is -1.07. The highest BCUT2D eigenvalue weighted by atomic mass is 16.4. The Balaban J connectivity index is 2.13. The second kappa shape index (κ2) is 7.45. The number of aliphatic hydroxyl groups is 1. The molecule has 1 aliphatic rings. The minimum absolute atomic E-state index is 0.0274. The number of carbonyl (C=O) groups excluding carboxylic acids is 2. The number of aliphatic hydroxyl groups excluding tert-OH is 1. The van der Waals surface area contributed by atoms with Crippen molar-refractivity contribution in [2.24, 2.45) is 0 Å². The van der Waals surface area contributed by atoms with Gasteiger partial charge in [0.25, 0.3) is 11.7 Å². The molecule has 1 atom stereocenters. The van der Waals surface area contributed by atoms with Gasteiger partial charge >= 0.3 is 5.97 Å². The molecule has 1 heterocycles. The van der Waals surface area contributed by atoms with Gasteiger partial charge in [0, 0.05) is 12.1 Å². The number of ketones is 1. The molecule has 0 bridgehead atoms. The number of Topliss-reactive ketones (excluding diaryl/α,β-unsaturated/α-hetero) is 1. The number of carboxylic acids is 1. The van der Waals surface area contributed by atoms with Crippen LogP contribution in [0.5, 0.6) is 0 Å². The first-order valence-electron chi connectivity index (χ1n) is 8.52. The average Bonchev–Trinajstić information content (AvgIpc) is 2.91. The number of nitrogens with zero attached hydrogens (tertiary/aromatic N) is 1. The molecule has 0 aromatic heterocycles. The number of amides is 1. The highest BCUT2D eigenvalue weighted by molar-refractivity contribution is 6.46. The fourth-order valence-corrected chi connectivity index (χ4v) is 3.18. The van der Waals surface area contributed by atoms with Crippen LogP contribution in [0.25, 0.3) is 5.76 Å². The van der Waals surface area contributed by atoms with Gasteiger partial charge in [0.1, 0.15) is 5.76 Å². The van der Waals surface area contributed by atoms with Crippen LogP contribution in [0.4, 0.5) is 0 Å². The number of hydrogen-bond donors (Lipinski definition) is 2. The molecule has 0 aliphatic carbocycles. The van der Waals surface area contributed by atoms with Crippen LogP contribution in [0.15, 0.2) is 60.2 Å². The summed E-state index contributed by atoms with van der Waals surface area (Å²) < 4.78 is 0. The number of likely N-dealkylation sites (tertiary alicyclic amines) is 1. The van der Waals surface area contributed by atoms with Crippen LogP contribution in [0, 0.1) is 6.92 Å². The molecule has 1 fully saturated rings. The van der Waals surface area contributed by atoms with Crippen molar-refractivity contribution in [3.63, 3.8) is 0 Å². The third-order valence-electron chi connectivity index (χ3n) is 4.55. The van der Waals surface area contributed by atoms with E-state index >= 15 is 0 Å². The molecular weight excluding hydrogens is 346 g/mol. The van der Waals surface area contributed by atoms with E-state index in [2.05, 4.69) is 0 Å². The van der Waals surface area contributed by atoms with Gasteiger partial charge in [-0.05, 0) is 12.5 Å². The van der Waals surface area contributed by atoms with E-state index in [1.54, 1.807) is 54.6 Å². The molecule has 6 nitrogen and oxygen atoms in total. The number of rotatable bonds is 5. The standard InChI is InChI=1S/C21H19NO5/c1-13-7-9-15(10-8-13)19(25)17-18(14-5-3-2-4-6-14)22(12-11-16(23)24)21(27)20(17)26/h2-10,18,25H,11-12H2,1H3,(H,23,24)/t18-/m0/s1. The predicted octanol–water partition coefficient (Wildman–Crippen LogP) is 2.89. The average molecular weight is 365 g/mol. The first-order chi connectivity index (χ1) is 12.9. The molecule has 2 aromatic rings. The molecule has 0 unspecified atom stereocenters. The Hall–Kier alpha value is -3.41. The van der Waals surface area contributed by atoms with Crippen LogP contribution in [0.1, 0.15) is 29.2 Å². The van der Waals surface area contributed by atoms with Crippen LogP contribution in [-0.2, 0) is 14.4 Å². The van der Waals surface area contributed by atoms with E-state index in [1.165, 1.54) is 4.90 Å². The summed E-state index contributed by atoms with van der Waals surface area (Å²) in [4.78, 5) is 37.4. The summed E-state index contributed by atoms with van der Waals surface area (Å²) in [5.41, 5.74) is 2.03. The Bertz CT molecular complexity index is 915. The van der Waals surface area contributed by atoms with Gasteiger partial charge in [-0.1, -0.05) is 60.2 Å². The van der Waals surface area contributed by atoms with Crippen molar-refractivity contribution in [2.45, 2.75) is 19.4 Å². The first kappa shape index (κ1) is 18.4. The zero-order chi connectivity index (χ0) is 19.6.